The molecule has 2 rings (SSSR count). The van der Waals surface area contributed by atoms with Crippen molar-refractivity contribution in [1.82, 2.24) is 25.3 Å². The minimum absolute atomic E-state index is 0.184. The summed E-state index contributed by atoms with van der Waals surface area (Å²) in [5.74, 6) is -0.184. The first kappa shape index (κ1) is 13.4. The van der Waals surface area contributed by atoms with Gasteiger partial charge in [0.05, 0.1) is 18.8 Å². The lowest BCUT2D eigenvalue weighted by atomic mass is 10.3. The maximum absolute atomic E-state index is 11.9. The molecule has 0 saturated carbocycles. The number of aromatic nitrogens is 2. The fraction of sp³-hybridized carbons (Fsp3) is 0.583. The van der Waals surface area contributed by atoms with Crippen LogP contribution in [-0.2, 0) is 11.3 Å². The number of amides is 3. The number of hydrogen-bond acceptors (Lipinski definition) is 3. The van der Waals surface area contributed by atoms with Crippen LogP contribution in [0.2, 0.25) is 0 Å². The number of rotatable bonds is 4. The van der Waals surface area contributed by atoms with E-state index in [0.717, 1.165) is 5.69 Å². The van der Waals surface area contributed by atoms with Crippen LogP contribution >= 0.6 is 0 Å². The first-order valence-electron chi connectivity index (χ1n) is 6.30. The molecule has 104 valence electrons. The highest BCUT2D eigenvalue weighted by Gasteiger charge is 2.30. The molecule has 0 bridgehead atoms. The molecule has 1 saturated heterocycles. The third-order valence-corrected chi connectivity index (χ3v) is 3.05. The number of carbonyl (C=O) groups is 2. The van der Waals surface area contributed by atoms with Crippen molar-refractivity contribution in [2.75, 3.05) is 13.6 Å². The fourth-order valence-electron chi connectivity index (χ4n) is 1.87. The number of likely N-dealkylation sites (N-methyl/N-ethyl adjacent to an activating group) is 1. The Morgan fingerprint density at radius 2 is 2.37 bits per heavy atom. The standard InChI is InChI=1S/C12H19N5O2/c1-8(2)17-5-4-9(15-17)6-13-11(18)10-7-16(3)12(19)14-10/h4-5,8,10H,6-7H2,1-3H3,(H,13,18)(H,14,19)/t10-/m0/s1. The van der Waals surface area contributed by atoms with Gasteiger partial charge in [-0.1, -0.05) is 0 Å². The van der Waals surface area contributed by atoms with Gasteiger partial charge in [-0.3, -0.25) is 9.48 Å². The summed E-state index contributed by atoms with van der Waals surface area (Å²) in [4.78, 5) is 24.6. The largest absolute Gasteiger partial charge is 0.349 e. The quantitative estimate of drug-likeness (QED) is 0.810. The van der Waals surface area contributed by atoms with E-state index in [1.54, 1.807) is 7.05 Å². The van der Waals surface area contributed by atoms with E-state index in [1.807, 2.05) is 30.8 Å². The molecule has 2 heterocycles. The molecular weight excluding hydrogens is 246 g/mol. The summed E-state index contributed by atoms with van der Waals surface area (Å²) < 4.78 is 1.84. The van der Waals surface area contributed by atoms with E-state index in [4.69, 9.17) is 0 Å². The van der Waals surface area contributed by atoms with Gasteiger partial charge in [0.15, 0.2) is 0 Å². The van der Waals surface area contributed by atoms with Crippen LogP contribution in [0.4, 0.5) is 4.79 Å². The lowest BCUT2D eigenvalue weighted by Crippen LogP contribution is -2.42. The van der Waals surface area contributed by atoms with Crippen LogP contribution in [-0.4, -0.2) is 46.3 Å². The zero-order valence-electron chi connectivity index (χ0n) is 11.4. The topological polar surface area (TPSA) is 79.3 Å². The Kier molecular flexibility index (Phi) is 3.73. The van der Waals surface area contributed by atoms with Gasteiger partial charge < -0.3 is 15.5 Å². The maximum Gasteiger partial charge on any atom is 0.317 e. The Morgan fingerprint density at radius 1 is 1.63 bits per heavy atom. The van der Waals surface area contributed by atoms with Crippen molar-refractivity contribution in [3.63, 3.8) is 0 Å². The molecule has 19 heavy (non-hydrogen) atoms. The maximum atomic E-state index is 11.9. The first-order chi connectivity index (χ1) is 8.97. The predicted octanol–water partition coefficient (Wildman–Crippen LogP) is 0.104. The smallest absolute Gasteiger partial charge is 0.317 e. The monoisotopic (exact) mass is 265 g/mol. The summed E-state index contributed by atoms with van der Waals surface area (Å²) in [5, 5.41) is 9.73. The zero-order chi connectivity index (χ0) is 14.0. The van der Waals surface area contributed by atoms with Crippen LogP contribution < -0.4 is 10.6 Å². The van der Waals surface area contributed by atoms with Crippen molar-refractivity contribution < 1.29 is 9.59 Å². The first-order valence-corrected chi connectivity index (χ1v) is 6.30. The van der Waals surface area contributed by atoms with Crippen LogP contribution in [0.1, 0.15) is 25.6 Å². The molecule has 0 aliphatic carbocycles. The molecule has 1 aliphatic rings. The number of nitrogens with one attached hydrogen (secondary N) is 2. The predicted molar refractivity (Wildman–Crippen MR) is 69.4 cm³/mol. The summed E-state index contributed by atoms with van der Waals surface area (Å²) in [5.41, 5.74) is 0.805. The van der Waals surface area contributed by atoms with Gasteiger partial charge in [-0.25, -0.2) is 4.79 Å². The molecule has 1 aromatic rings. The van der Waals surface area contributed by atoms with Gasteiger partial charge in [0.25, 0.3) is 0 Å². The SMILES string of the molecule is CC(C)n1ccc(CNC(=O)[C@@H]2CN(C)C(=O)N2)n1. The van der Waals surface area contributed by atoms with Crippen LogP contribution in [0.5, 0.6) is 0 Å². The average Bonchev–Trinajstić information content (AvgIpc) is 2.94. The molecule has 0 radical (unpaired) electrons. The van der Waals surface area contributed by atoms with Gasteiger partial charge in [0, 0.05) is 19.3 Å². The van der Waals surface area contributed by atoms with Crippen molar-refractivity contribution in [3.05, 3.63) is 18.0 Å². The third kappa shape index (κ3) is 3.04. The Hall–Kier alpha value is -2.05. The van der Waals surface area contributed by atoms with E-state index in [9.17, 15) is 9.59 Å². The van der Waals surface area contributed by atoms with E-state index >= 15 is 0 Å². The normalized spacial score (nSPS) is 18.8. The number of hydrogen-bond donors (Lipinski definition) is 2. The number of urea groups is 1. The second-order valence-electron chi connectivity index (χ2n) is 4.98. The van der Waals surface area contributed by atoms with Gasteiger partial charge in [0.1, 0.15) is 6.04 Å². The van der Waals surface area contributed by atoms with E-state index in [0.29, 0.717) is 19.1 Å². The van der Waals surface area contributed by atoms with Gasteiger partial charge in [-0.2, -0.15) is 5.10 Å². The highest BCUT2D eigenvalue weighted by molar-refractivity contribution is 5.90. The minimum atomic E-state index is -0.482. The lowest BCUT2D eigenvalue weighted by molar-refractivity contribution is -0.122. The van der Waals surface area contributed by atoms with Gasteiger partial charge in [-0.05, 0) is 19.9 Å². The van der Waals surface area contributed by atoms with Crippen LogP contribution in [0.3, 0.4) is 0 Å². The molecule has 2 N–H and O–H groups in total. The molecule has 7 nitrogen and oxygen atoms in total. The second-order valence-corrected chi connectivity index (χ2v) is 4.98. The fourth-order valence-corrected chi connectivity index (χ4v) is 1.87. The summed E-state index contributed by atoms with van der Waals surface area (Å²) in [7, 11) is 1.66. The van der Waals surface area contributed by atoms with Gasteiger partial charge >= 0.3 is 6.03 Å². The van der Waals surface area contributed by atoms with Crippen LogP contribution in [0.15, 0.2) is 12.3 Å². The average molecular weight is 265 g/mol. The summed E-state index contributed by atoms with van der Waals surface area (Å²) in [6, 6.07) is 1.47. The van der Waals surface area contributed by atoms with E-state index in [-0.39, 0.29) is 11.9 Å². The van der Waals surface area contributed by atoms with Gasteiger partial charge in [-0.15, -0.1) is 0 Å². The molecule has 0 unspecified atom stereocenters. The van der Waals surface area contributed by atoms with E-state index in [1.165, 1.54) is 4.90 Å². The molecular formula is C12H19N5O2. The Morgan fingerprint density at radius 3 is 2.89 bits per heavy atom. The number of nitrogens with zero attached hydrogens (tertiary/aromatic N) is 3. The highest BCUT2D eigenvalue weighted by atomic mass is 16.2. The minimum Gasteiger partial charge on any atom is -0.349 e. The van der Waals surface area contributed by atoms with Crippen LogP contribution in [0, 0.1) is 0 Å². The molecule has 7 heteroatoms. The summed E-state index contributed by atoms with van der Waals surface area (Å²) in [6.07, 6.45) is 1.89. The van der Waals surface area contributed by atoms with Crippen molar-refractivity contribution in [2.45, 2.75) is 32.5 Å². The van der Waals surface area contributed by atoms with E-state index < -0.39 is 6.04 Å². The molecule has 3 amide bonds. The summed E-state index contributed by atoms with van der Waals surface area (Å²) in [6.45, 7) is 4.85. The summed E-state index contributed by atoms with van der Waals surface area (Å²) >= 11 is 0. The lowest BCUT2D eigenvalue weighted by Gasteiger charge is -2.09. The number of carbonyl (C=O) groups excluding carboxylic acids is 2. The van der Waals surface area contributed by atoms with Crippen molar-refractivity contribution in [3.8, 4) is 0 Å². The van der Waals surface area contributed by atoms with Crippen LogP contribution in [0.25, 0.3) is 0 Å². The molecule has 0 spiro atoms. The molecule has 1 atom stereocenters. The highest BCUT2D eigenvalue weighted by Crippen LogP contribution is 2.05. The molecule has 1 fully saturated rings. The van der Waals surface area contributed by atoms with E-state index in [2.05, 4.69) is 15.7 Å². The molecule has 1 aromatic heterocycles. The Labute approximate surface area is 111 Å². The Bertz CT molecular complexity index is 482. The molecule has 1 aliphatic heterocycles. The molecule has 0 aromatic carbocycles. The zero-order valence-corrected chi connectivity index (χ0v) is 11.4. The third-order valence-electron chi connectivity index (χ3n) is 3.05. The van der Waals surface area contributed by atoms with Crippen molar-refractivity contribution in [2.24, 2.45) is 0 Å². The van der Waals surface area contributed by atoms with Gasteiger partial charge in [0.2, 0.25) is 5.91 Å². The Balaban J connectivity index is 1.85. The van der Waals surface area contributed by atoms with Crippen molar-refractivity contribution >= 4 is 11.9 Å². The van der Waals surface area contributed by atoms with Crippen molar-refractivity contribution in [1.29, 1.82) is 0 Å². The second kappa shape index (κ2) is 5.29.